The van der Waals surface area contributed by atoms with Crippen LogP contribution >= 0.6 is 11.6 Å². The summed E-state index contributed by atoms with van der Waals surface area (Å²) in [4.78, 5) is 41.7. The van der Waals surface area contributed by atoms with Gasteiger partial charge < -0.3 is 25.3 Å². The van der Waals surface area contributed by atoms with E-state index >= 15 is 0 Å². The number of nitrogens with two attached hydrogens (primary N) is 1. The number of phenols is 1. The van der Waals surface area contributed by atoms with Crippen LogP contribution in [0.5, 0.6) is 5.75 Å². The van der Waals surface area contributed by atoms with Crippen molar-refractivity contribution in [1.29, 1.82) is 0 Å². The number of alkyl halides is 1. The van der Waals surface area contributed by atoms with Crippen molar-refractivity contribution in [2.75, 3.05) is 0 Å². The van der Waals surface area contributed by atoms with Gasteiger partial charge in [-0.15, -0.1) is 0 Å². The fourth-order valence-electron chi connectivity index (χ4n) is 4.20. The summed E-state index contributed by atoms with van der Waals surface area (Å²) in [5.41, 5.74) is 5.71. The first-order valence-corrected chi connectivity index (χ1v) is 10.9. The molecule has 2 aromatic heterocycles. The normalized spacial score (nSPS) is 18.4. The Hall–Kier alpha value is -3.40. The minimum atomic E-state index is -1.09. The lowest BCUT2D eigenvalue weighted by Gasteiger charge is -2.26. The number of fused-ring (bicyclic) bond motifs is 1. The molecule has 1 aliphatic rings. The number of rotatable bonds is 5. The van der Waals surface area contributed by atoms with Gasteiger partial charge in [-0.2, -0.15) is 0 Å². The molecule has 3 aromatic rings. The molecule has 1 fully saturated rings. The zero-order chi connectivity index (χ0) is 23.9. The van der Waals surface area contributed by atoms with Crippen LogP contribution in [0.15, 0.2) is 29.5 Å². The van der Waals surface area contributed by atoms with Gasteiger partial charge in [-0.25, -0.2) is 9.37 Å². The number of benzene rings is 1. The van der Waals surface area contributed by atoms with Crippen LogP contribution in [-0.2, 0) is 18.4 Å². The highest BCUT2D eigenvalue weighted by Gasteiger charge is 2.27. The van der Waals surface area contributed by atoms with Gasteiger partial charge >= 0.3 is 0 Å². The van der Waals surface area contributed by atoms with E-state index in [-0.39, 0.29) is 33.7 Å². The number of primary amides is 1. The second-order valence-electron chi connectivity index (χ2n) is 8.22. The molecular formula is C22H23ClFN5O4. The van der Waals surface area contributed by atoms with Gasteiger partial charge in [-0.05, 0) is 30.5 Å². The molecule has 174 valence electrons. The second kappa shape index (κ2) is 8.86. The highest BCUT2D eigenvalue weighted by molar-refractivity contribution is 6.33. The van der Waals surface area contributed by atoms with Crippen LogP contribution < -0.4 is 16.6 Å². The molecule has 9 nitrogen and oxygen atoms in total. The molecule has 2 heterocycles. The van der Waals surface area contributed by atoms with Crippen LogP contribution in [0.25, 0.3) is 22.2 Å². The Kier molecular flexibility index (Phi) is 6.11. The molecule has 11 heteroatoms. The van der Waals surface area contributed by atoms with Crippen molar-refractivity contribution in [3.8, 4) is 16.9 Å². The number of carbonyl (C=O) groups excluding carboxylic acids is 2. The molecule has 1 saturated carbocycles. The Morgan fingerprint density at radius 1 is 1.33 bits per heavy atom. The number of halogens is 2. The number of hydrogen-bond donors (Lipinski definition) is 3. The summed E-state index contributed by atoms with van der Waals surface area (Å²) in [5.74, 6) is -1.76. The van der Waals surface area contributed by atoms with Crippen molar-refractivity contribution in [3.05, 3.63) is 45.6 Å². The maximum absolute atomic E-state index is 14.1. The van der Waals surface area contributed by atoms with E-state index in [9.17, 15) is 23.9 Å². The summed E-state index contributed by atoms with van der Waals surface area (Å²) in [5, 5.41) is 12.9. The summed E-state index contributed by atoms with van der Waals surface area (Å²) < 4.78 is 16.9. The molecule has 0 radical (unpaired) electrons. The largest absolute Gasteiger partial charge is 0.506 e. The second-order valence-corrected chi connectivity index (χ2v) is 8.63. The number of aryl methyl sites for hydroxylation is 1. The fourth-order valence-corrected chi connectivity index (χ4v) is 4.42. The Balaban J connectivity index is 1.78. The van der Waals surface area contributed by atoms with E-state index in [2.05, 4.69) is 10.3 Å². The summed E-state index contributed by atoms with van der Waals surface area (Å²) >= 11 is 6.09. The lowest BCUT2D eigenvalue weighted by Crippen LogP contribution is -2.44. The first kappa shape index (κ1) is 22.8. The number of amides is 2. The van der Waals surface area contributed by atoms with Gasteiger partial charge in [0.2, 0.25) is 5.91 Å². The standard InChI is InChI=1S/C22H23ClFN5O4/c1-28-10-26-21-18(22(28)33)13(11-6-12(20(25)32)19(31)14(23)7-11)8-29(21)9-17(30)27-16-5-3-2-4-15(16)24/h6-8,10,15-16,31H,2-5,9H2,1H3,(H2,25,32)(H,27,30). The molecule has 2 atom stereocenters. The minimum Gasteiger partial charge on any atom is -0.506 e. The maximum atomic E-state index is 14.1. The van der Waals surface area contributed by atoms with E-state index < -0.39 is 29.8 Å². The molecule has 0 aliphatic heterocycles. The van der Waals surface area contributed by atoms with Gasteiger partial charge in [0.05, 0.1) is 28.3 Å². The number of nitrogens with zero attached hydrogens (tertiary/aromatic N) is 3. The molecule has 1 aromatic carbocycles. The first-order chi connectivity index (χ1) is 15.7. The van der Waals surface area contributed by atoms with E-state index in [1.54, 1.807) is 6.20 Å². The summed E-state index contributed by atoms with van der Waals surface area (Å²) in [6.07, 6.45) is 4.43. The van der Waals surface area contributed by atoms with Crippen LogP contribution in [0.2, 0.25) is 5.02 Å². The van der Waals surface area contributed by atoms with Crippen LogP contribution in [0.1, 0.15) is 36.0 Å². The Morgan fingerprint density at radius 2 is 2.06 bits per heavy atom. The molecule has 2 unspecified atom stereocenters. The maximum Gasteiger partial charge on any atom is 0.263 e. The van der Waals surface area contributed by atoms with Crippen LogP contribution in [0, 0.1) is 0 Å². The number of nitrogens with one attached hydrogen (secondary N) is 1. The third-order valence-corrected chi connectivity index (χ3v) is 6.21. The molecule has 33 heavy (non-hydrogen) atoms. The SMILES string of the molecule is Cn1cnc2c(c(-c3cc(Cl)c(O)c(C(N)=O)c3)cn2CC(=O)NC2CCCCC2F)c1=O. The smallest absolute Gasteiger partial charge is 0.263 e. The Morgan fingerprint density at radius 3 is 2.76 bits per heavy atom. The van der Waals surface area contributed by atoms with E-state index in [0.717, 1.165) is 12.8 Å². The molecule has 0 spiro atoms. The number of aromatic nitrogens is 3. The van der Waals surface area contributed by atoms with E-state index in [1.807, 2.05) is 0 Å². The zero-order valence-electron chi connectivity index (χ0n) is 17.8. The van der Waals surface area contributed by atoms with Crippen LogP contribution in [-0.4, -0.2) is 43.3 Å². The van der Waals surface area contributed by atoms with Gasteiger partial charge in [0.15, 0.2) is 0 Å². The average molecular weight is 476 g/mol. The third-order valence-electron chi connectivity index (χ3n) is 5.92. The van der Waals surface area contributed by atoms with Crippen molar-refractivity contribution in [1.82, 2.24) is 19.4 Å². The van der Waals surface area contributed by atoms with Crippen LogP contribution in [0.3, 0.4) is 0 Å². The summed E-state index contributed by atoms with van der Waals surface area (Å²) in [7, 11) is 1.53. The van der Waals surface area contributed by atoms with E-state index in [4.69, 9.17) is 17.3 Å². The van der Waals surface area contributed by atoms with Gasteiger partial charge in [-0.3, -0.25) is 14.4 Å². The fraction of sp³-hybridized carbons (Fsp3) is 0.364. The van der Waals surface area contributed by atoms with Crippen molar-refractivity contribution < 1.29 is 19.1 Å². The van der Waals surface area contributed by atoms with Crippen molar-refractivity contribution in [2.45, 2.75) is 44.4 Å². The summed E-state index contributed by atoms with van der Waals surface area (Å²) in [6.45, 7) is -0.186. The topological polar surface area (TPSA) is 132 Å². The van der Waals surface area contributed by atoms with Gasteiger partial charge in [0, 0.05) is 18.8 Å². The third kappa shape index (κ3) is 4.30. The molecule has 0 bridgehead atoms. The van der Waals surface area contributed by atoms with Crippen LogP contribution in [0.4, 0.5) is 4.39 Å². The zero-order valence-corrected chi connectivity index (χ0v) is 18.6. The quantitative estimate of drug-likeness (QED) is 0.520. The average Bonchev–Trinajstić information content (AvgIpc) is 3.12. The molecule has 4 N–H and O–H groups in total. The Bertz CT molecular complexity index is 1320. The van der Waals surface area contributed by atoms with Crippen molar-refractivity contribution in [3.63, 3.8) is 0 Å². The molecule has 2 amide bonds. The highest BCUT2D eigenvalue weighted by Crippen LogP contribution is 2.36. The van der Waals surface area contributed by atoms with Gasteiger partial charge in [-0.1, -0.05) is 24.4 Å². The van der Waals surface area contributed by atoms with Crippen molar-refractivity contribution in [2.24, 2.45) is 12.8 Å². The predicted molar refractivity (Wildman–Crippen MR) is 121 cm³/mol. The Labute approximate surface area is 193 Å². The number of carbonyl (C=O) groups is 2. The molecular weight excluding hydrogens is 453 g/mol. The van der Waals surface area contributed by atoms with E-state index in [0.29, 0.717) is 24.0 Å². The number of hydrogen-bond acceptors (Lipinski definition) is 5. The number of aromatic hydroxyl groups is 1. The van der Waals surface area contributed by atoms with Crippen molar-refractivity contribution >= 4 is 34.4 Å². The monoisotopic (exact) mass is 475 g/mol. The lowest BCUT2D eigenvalue weighted by molar-refractivity contribution is -0.123. The van der Waals surface area contributed by atoms with Gasteiger partial charge in [0.25, 0.3) is 11.5 Å². The molecule has 0 saturated heterocycles. The molecule has 1 aliphatic carbocycles. The van der Waals surface area contributed by atoms with E-state index in [1.165, 1.54) is 34.6 Å². The summed E-state index contributed by atoms with van der Waals surface area (Å²) in [6, 6.07) is 2.18. The van der Waals surface area contributed by atoms with Gasteiger partial charge in [0.1, 0.15) is 24.1 Å². The highest BCUT2D eigenvalue weighted by atomic mass is 35.5. The predicted octanol–water partition coefficient (Wildman–Crippen LogP) is 2.26. The molecule has 4 rings (SSSR count). The first-order valence-electron chi connectivity index (χ1n) is 10.5. The minimum absolute atomic E-state index is 0.119. The lowest BCUT2D eigenvalue weighted by atomic mass is 9.93.